The number of anilines is 2. The van der Waals surface area contributed by atoms with E-state index < -0.39 is 29.2 Å². The van der Waals surface area contributed by atoms with Gasteiger partial charge in [-0.3, -0.25) is 14.4 Å². The number of ketones is 2. The molecule has 0 aliphatic carbocycles. The maximum Gasteiger partial charge on any atom is 0.238 e. The monoisotopic (exact) mass is 514 g/mol. The summed E-state index contributed by atoms with van der Waals surface area (Å²) in [6.45, 7) is 0. The summed E-state index contributed by atoms with van der Waals surface area (Å²) in [4.78, 5) is 45.2. The van der Waals surface area contributed by atoms with E-state index in [0.29, 0.717) is 16.8 Å². The smallest absolute Gasteiger partial charge is 0.238 e. The zero-order valence-electron chi connectivity index (χ0n) is 20.8. The molecule has 39 heavy (non-hydrogen) atoms. The zero-order valence-corrected chi connectivity index (χ0v) is 20.8. The average molecular weight is 515 g/mol. The van der Waals surface area contributed by atoms with Crippen LogP contribution in [0.15, 0.2) is 109 Å². The number of benzene rings is 4. The molecular weight excluding hydrogens is 491 g/mol. The van der Waals surface area contributed by atoms with Crippen LogP contribution >= 0.6 is 0 Å². The average Bonchev–Trinajstić information content (AvgIpc) is 3.45. The zero-order chi connectivity index (χ0) is 26.7. The van der Waals surface area contributed by atoms with Gasteiger partial charge in [-0.25, -0.2) is 4.39 Å². The second-order valence-electron chi connectivity index (χ2n) is 10.2. The topological polar surface area (TPSA) is 66.5 Å². The fraction of sp³-hybridized carbons (Fsp3) is 0.121. The highest BCUT2D eigenvalue weighted by Crippen LogP contribution is 2.58. The van der Waals surface area contributed by atoms with Crippen LogP contribution in [0.1, 0.15) is 31.8 Å². The summed E-state index contributed by atoms with van der Waals surface area (Å²) in [6.07, 6.45) is 3.90. The molecule has 0 saturated carbocycles. The summed E-state index contributed by atoms with van der Waals surface area (Å²) in [5.74, 6) is -2.51. The molecule has 0 radical (unpaired) electrons. The first-order chi connectivity index (χ1) is 19.0. The van der Waals surface area contributed by atoms with Crippen molar-refractivity contribution < 1.29 is 18.8 Å². The van der Waals surface area contributed by atoms with Crippen molar-refractivity contribution >= 4 is 34.9 Å². The molecule has 1 N–H and O–H groups in total. The summed E-state index contributed by atoms with van der Waals surface area (Å²) in [7, 11) is 0. The molecule has 6 heteroatoms. The predicted molar refractivity (Wildman–Crippen MR) is 147 cm³/mol. The number of nitrogens with one attached hydrogen (secondary N) is 1. The third kappa shape index (κ3) is 3.21. The SMILES string of the molecule is O=C(c1ccccc1)[C@@H]1[C@H](C(=O)c2ccc(F)cc2)[C@@]2(C(=O)Nc3ccccc32)[C@@H]2C=Cc3ccccc3N12. The van der Waals surface area contributed by atoms with Gasteiger partial charge < -0.3 is 10.2 Å². The Hall–Kier alpha value is -4.84. The van der Waals surface area contributed by atoms with E-state index in [9.17, 15) is 18.8 Å². The molecule has 0 bridgehead atoms. The molecule has 3 aliphatic rings. The number of hydrogen-bond donors (Lipinski definition) is 1. The Balaban J connectivity index is 1.54. The number of Topliss-reactive ketones (excluding diaryl/α,β-unsaturated/α-hetero) is 2. The van der Waals surface area contributed by atoms with Crippen LogP contribution in [0.4, 0.5) is 15.8 Å². The number of para-hydroxylation sites is 2. The van der Waals surface area contributed by atoms with Crippen molar-refractivity contribution in [2.45, 2.75) is 17.5 Å². The van der Waals surface area contributed by atoms with Gasteiger partial charge in [0, 0.05) is 22.5 Å². The van der Waals surface area contributed by atoms with Crippen LogP contribution < -0.4 is 10.2 Å². The van der Waals surface area contributed by atoms with Crippen LogP contribution in [0.25, 0.3) is 6.08 Å². The molecule has 1 saturated heterocycles. The van der Waals surface area contributed by atoms with Crippen LogP contribution in [0.5, 0.6) is 0 Å². The van der Waals surface area contributed by atoms with E-state index in [0.717, 1.165) is 11.3 Å². The Bertz CT molecular complexity index is 1680. The molecule has 1 amide bonds. The van der Waals surface area contributed by atoms with Gasteiger partial charge in [0.25, 0.3) is 0 Å². The summed E-state index contributed by atoms with van der Waals surface area (Å²) >= 11 is 0. The van der Waals surface area contributed by atoms with Crippen molar-refractivity contribution in [3.8, 4) is 0 Å². The van der Waals surface area contributed by atoms with Gasteiger partial charge in [-0.05, 0) is 47.5 Å². The van der Waals surface area contributed by atoms with E-state index in [1.807, 2.05) is 71.6 Å². The fourth-order valence-corrected chi connectivity index (χ4v) is 6.69. The van der Waals surface area contributed by atoms with E-state index in [2.05, 4.69) is 5.32 Å². The number of carbonyl (C=O) groups is 3. The first-order valence-corrected chi connectivity index (χ1v) is 12.9. The van der Waals surface area contributed by atoms with Crippen molar-refractivity contribution in [2.24, 2.45) is 5.92 Å². The molecule has 190 valence electrons. The standard InChI is InChI=1S/C33H23FN2O3/c34-23-17-14-22(15-18-23)30(37)28-29(31(38)21-9-2-1-3-10-21)36-26-13-7-4-8-20(26)16-19-27(36)33(28)24-11-5-6-12-25(24)35-32(33)39/h1-19,27-29H,(H,35,39)/t27-,28+,29-,33-/m0/s1. The van der Waals surface area contributed by atoms with Crippen molar-refractivity contribution in [3.05, 3.63) is 137 Å². The quantitative estimate of drug-likeness (QED) is 0.356. The van der Waals surface area contributed by atoms with Crippen molar-refractivity contribution in [1.29, 1.82) is 0 Å². The van der Waals surface area contributed by atoms with E-state index in [1.165, 1.54) is 24.3 Å². The predicted octanol–water partition coefficient (Wildman–Crippen LogP) is 5.68. The lowest BCUT2D eigenvalue weighted by Crippen LogP contribution is -2.51. The van der Waals surface area contributed by atoms with Crippen LogP contribution in [0.3, 0.4) is 0 Å². The van der Waals surface area contributed by atoms with Crippen molar-refractivity contribution in [2.75, 3.05) is 10.2 Å². The fourth-order valence-electron chi connectivity index (χ4n) is 6.69. The molecule has 7 rings (SSSR count). The minimum atomic E-state index is -1.39. The molecule has 0 unspecified atom stereocenters. The molecule has 1 spiro atoms. The van der Waals surface area contributed by atoms with Crippen LogP contribution in [0.2, 0.25) is 0 Å². The Kier molecular flexibility index (Phi) is 5.13. The van der Waals surface area contributed by atoms with Gasteiger partial charge in [-0.1, -0.05) is 78.9 Å². The third-order valence-electron chi connectivity index (χ3n) is 8.28. The van der Waals surface area contributed by atoms with Crippen LogP contribution in [-0.4, -0.2) is 29.6 Å². The minimum Gasteiger partial charge on any atom is -0.352 e. The molecular formula is C33H23FN2O3. The lowest BCUT2D eigenvalue weighted by atomic mass is 9.64. The maximum absolute atomic E-state index is 14.6. The normalized spacial score (nSPS) is 24.2. The Labute approximate surface area is 224 Å². The molecule has 3 aliphatic heterocycles. The van der Waals surface area contributed by atoms with Gasteiger partial charge in [-0.2, -0.15) is 0 Å². The van der Waals surface area contributed by atoms with E-state index >= 15 is 0 Å². The maximum atomic E-state index is 14.6. The lowest BCUT2D eigenvalue weighted by molar-refractivity contribution is -0.121. The molecule has 4 atom stereocenters. The molecule has 0 aromatic heterocycles. The molecule has 4 aromatic rings. The first-order valence-electron chi connectivity index (χ1n) is 12.9. The highest BCUT2D eigenvalue weighted by molar-refractivity contribution is 6.18. The van der Waals surface area contributed by atoms with Gasteiger partial charge in [0.05, 0.1) is 12.0 Å². The van der Waals surface area contributed by atoms with Gasteiger partial charge in [0.1, 0.15) is 17.3 Å². The second kappa shape index (κ2) is 8.60. The summed E-state index contributed by atoms with van der Waals surface area (Å²) in [6, 6.07) is 27.6. The van der Waals surface area contributed by atoms with Gasteiger partial charge in [0.2, 0.25) is 5.91 Å². The highest BCUT2D eigenvalue weighted by Gasteiger charge is 2.70. The van der Waals surface area contributed by atoms with E-state index in [4.69, 9.17) is 0 Å². The largest absolute Gasteiger partial charge is 0.352 e. The summed E-state index contributed by atoms with van der Waals surface area (Å²) in [5, 5.41) is 3.01. The second-order valence-corrected chi connectivity index (χ2v) is 10.2. The number of rotatable bonds is 4. The first kappa shape index (κ1) is 23.3. The molecule has 4 aromatic carbocycles. The number of nitrogens with zero attached hydrogens (tertiary/aromatic N) is 1. The van der Waals surface area contributed by atoms with Crippen LogP contribution in [-0.2, 0) is 10.2 Å². The number of hydrogen-bond acceptors (Lipinski definition) is 4. The lowest BCUT2D eigenvalue weighted by Gasteiger charge is -2.37. The molecule has 5 nitrogen and oxygen atoms in total. The third-order valence-corrected chi connectivity index (χ3v) is 8.28. The van der Waals surface area contributed by atoms with Gasteiger partial charge >= 0.3 is 0 Å². The van der Waals surface area contributed by atoms with Gasteiger partial charge in [0.15, 0.2) is 11.6 Å². The number of amides is 1. The molecule has 3 heterocycles. The Morgan fingerprint density at radius 2 is 1.44 bits per heavy atom. The Morgan fingerprint density at radius 1 is 0.769 bits per heavy atom. The summed E-state index contributed by atoms with van der Waals surface area (Å²) < 4.78 is 13.9. The van der Waals surface area contributed by atoms with Crippen LogP contribution in [0, 0.1) is 11.7 Å². The summed E-state index contributed by atoms with van der Waals surface area (Å²) in [5.41, 5.74) is 2.30. The number of carbonyl (C=O) groups excluding carboxylic acids is 3. The van der Waals surface area contributed by atoms with Crippen molar-refractivity contribution in [1.82, 2.24) is 0 Å². The van der Waals surface area contributed by atoms with Crippen molar-refractivity contribution in [3.63, 3.8) is 0 Å². The van der Waals surface area contributed by atoms with Gasteiger partial charge in [-0.15, -0.1) is 0 Å². The van der Waals surface area contributed by atoms with E-state index in [1.54, 1.807) is 24.3 Å². The molecule has 1 fully saturated rings. The number of halogens is 1. The number of fused-ring (bicyclic) bond motifs is 6. The minimum absolute atomic E-state index is 0.250. The highest BCUT2D eigenvalue weighted by atomic mass is 19.1. The van der Waals surface area contributed by atoms with E-state index in [-0.39, 0.29) is 23.0 Å². The Morgan fingerprint density at radius 3 is 2.23 bits per heavy atom.